The molecule has 0 saturated carbocycles. The first-order valence-corrected chi connectivity index (χ1v) is 10.1. The summed E-state index contributed by atoms with van der Waals surface area (Å²) in [6.07, 6.45) is 4.47. The van der Waals surface area contributed by atoms with E-state index >= 15 is 0 Å². The van der Waals surface area contributed by atoms with Gasteiger partial charge < -0.3 is 5.32 Å². The quantitative estimate of drug-likeness (QED) is 0.785. The summed E-state index contributed by atoms with van der Waals surface area (Å²) >= 11 is 0. The molecule has 136 valence electrons. The molecule has 2 atom stereocenters. The van der Waals surface area contributed by atoms with E-state index < -0.39 is 10.0 Å². The van der Waals surface area contributed by atoms with Crippen LogP contribution < -0.4 is 10.0 Å². The van der Waals surface area contributed by atoms with Crippen LogP contribution in [-0.4, -0.2) is 60.4 Å². The van der Waals surface area contributed by atoms with E-state index in [-0.39, 0.29) is 24.0 Å². The topological polar surface area (TPSA) is 96.3 Å². The highest BCUT2D eigenvalue weighted by Crippen LogP contribution is 2.17. The minimum atomic E-state index is -3.24. The van der Waals surface area contributed by atoms with Crippen LogP contribution in [0.1, 0.15) is 39.7 Å². The van der Waals surface area contributed by atoms with Crippen LogP contribution in [0.3, 0.4) is 0 Å². The number of nitrogens with one attached hydrogen (secondary N) is 2. The number of carbonyl (C=O) groups is 1. The van der Waals surface area contributed by atoms with Crippen LogP contribution in [-0.2, 0) is 14.8 Å². The molecule has 2 N–H and O–H groups in total. The van der Waals surface area contributed by atoms with E-state index in [1.54, 1.807) is 16.9 Å². The molecule has 1 aromatic heterocycles. The Balaban J connectivity index is 1.98. The lowest BCUT2D eigenvalue weighted by Crippen LogP contribution is -2.53. The van der Waals surface area contributed by atoms with Gasteiger partial charge in [0.1, 0.15) is 5.82 Å². The van der Waals surface area contributed by atoms with Crippen LogP contribution in [0.2, 0.25) is 0 Å². The average molecular weight is 357 g/mol. The summed E-state index contributed by atoms with van der Waals surface area (Å²) in [5, 5.41) is 7.12. The first-order chi connectivity index (χ1) is 11.2. The van der Waals surface area contributed by atoms with Gasteiger partial charge in [0.15, 0.2) is 0 Å². The van der Waals surface area contributed by atoms with Crippen molar-refractivity contribution >= 4 is 21.7 Å². The number of piperidine rings is 1. The fourth-order valence-electron chi connectivity index (χ4n) is 2.98. The molecule has 0 aliphatic carbocycles. The number of rotatable bonds is 6. The van der Waals surface area contributed by atoms with Crippen molar-refractivity contribution in [3.8, 4) is 0 Å². The summed E-state index contributed by atoms with van der Waals surface area (Å²) in [6, 6.07) is 1.44. The van der Waals surface area contributed by atoms with E-state index in [9.17, 15) is 13.2 Å². The van der Waals surface area contributed by atoms with Gasteiger partial charge in [0.25, 0.3) is 0 Å². The first-order valence-electron chi connectivity index (χ1n) is 8.23. The number of nitrogens with zero attached hydrogens (tertiary/aromatic N) is 3. The van der Waals surface area contributed by atoms with Crippen molar-refractivity contribution in [2.75, 3.05) is 24.7 Å². The van der Waals surface area contributed by atoms with E-state index in [1.807, 2.05) is 25.7 Å². The normalized spacial score (nSPS) is 21.0. The minimum absolute atomic E-state index is 0.114. The van der Waals surface area contributed by atoms with Crippen molar-refractivity contribution in [3.63, 3.8) is 0 Å². The summed E-state index contributed by atoms with van der Waals surface area (Å²) in [4.78, 5) is 14.6. The summed E-state index contributed by atoms with van der Waals surface area (Å²) in [7, 11) is -3.24. The zero-order valence-corrected chi connectivity index (χ0v) is 15.5. The van der Waals surface area contributed by atoms with Crippen LogP contribution in [0.5, 0.6) is 0 Å². The number of sulfonamides is 1. The maximum absolute atomic E-state index is 12.5. The molecule has 1 saturated heterocycles. The Morgan fingerprint density at radius 3 is 2.71 bits per heavy atom. The van der Waals surface area contributed by atoms with E-state index in [1.165, 1.54) is 0 Å². The van der Waals surface area contributed by atoms with E-state index in [0.717, 1.165) is 25.6 Å². The number of anilines is 1. The van der Waals surface area contributed by atoms with Gasteiger partial charge in [-0.15, -0.1) is 0 Å². The third-order valence-corrected chi connectivity index (χ3v) is 4.93. The van der Waals surface area contributed by atoms with Gasteiger partial charge in [-0.2, -0.15) is 5.10 Å². The first kappa shape index (κ1) is 18.9. The molecule has 0 bridgehead atoms. The molecule has 2 rings (SSSR count). The van der Waals surface area contributed by atoms with Crippen LogP contribution in [0.25, 0.3) is 0 Å². The van der Waals surface area contributed by atoms with Gasteiger partial charge in [-0.3, -0.25) is 9.69 Å². The lowest BCUT2D eigenvalue weighted by Gasteiger charge is -2.36. The predicted molar refractivity (Wildman–Crippen MR) is 93.3 cm³/mol. The molecule has 1 fully saturated rings. The van der Waals surface area contributed by atoms with Gasteiger partial charge >= 0.3 is 0 Å². The molecule has 8 nitrogen and oxygen atoms in total. The molecular weight excluding hydrogens is 330 g/mol. The highest BCUT2D eigenvalue weighted by Gasteiger charge is 2.29. The number of carbonyl (C=O) groups excluding carboxylic acids is 1. The molecule has 1 aliphatic rings. The number of hydrogen-bond acceptors (Lipinski definition) is 5. The summed E-state index contributed by atoms with van der Waals surface area (Å²) in [5.41, 5.74) is 0. The lowest BCUT2D eigenvalue weighted by molar-refractivity contribution is -0.121. The van der Waals surface area contributed by atoms with Crippen LogP contribution in [0.15, 0.2) is 12.3 Å². The standard InChI is InChI=1S/C15H27N5O3S/c1-11(2)20-14(7-8-16-20)17-15(21)12(3)19-9-5-6-13(10-19)18-24(4,22)23/h7-8,11-13,18H,5-6,9-10H2,1-4H3,(H,17,21)/t12-,13-/m1/s1. The molecule has 9 heteroatoms. The molecular formula is C15H27N5O3S. The number of hydrogen-bond donors (Lipinski definition) is 2. The zero-order chi connectivity index (χ0) is 17.9. The van der Waals surface area contributed by atoms with Gasteiger partial charge in [-0.05, 0) is 40.2 Å². The Bertz CT molecular complexity index is 670. The summed E-state index contributed by atoms with van der Waals surface area (Å²) in [5.74, 6) is 0.557. The molecule has 0 aromatic carbocycles. The molecule has 2 heterocycles. The van der Waals surface area contributed by atoms with Crippen LogP contribution in [0.4, 0.5) is 5.82 Å². The molecule has 0 spiro atoms. The van der Waals surface area contributed by atoms with Crippen molar-refractivity contribution in [2.45, 2.75) is 51.7 Å². The van der Waals surface area contributed by atoms with Crippen molar-refractivity contribution in [1.82, 2.24) is 19.4 Å². The van der Waals surface area contributed by atoms with Gasteiger partial charge in [0, 0.05) is 24.7 Å². The molecule has 0 radical (unpaired) electrons. The second kappa shape index (κ2) is 7.62. The van der Waals surface area contributed by atoms with Gasteiger partial charge in [0.2, 0.25) is 15.9 Å². The maximum atomic E-state index is 12.5. The Morgan fingerprint density at radius 2 is 2.08 bits per heavy atom. The minimum Gasteiger partial charge on any atom is -0.310 e. The third-order valence-electron chi connectivity index (χ3n) is 4.17. The maximum Gasteiger partial charge on any atom is 0.242 e. The fourth-order valence-corrected chi connectivity index (χ4v) is 3.78. The predicted octanol–water partition coefficient (Wildman–Crippen LogP) is 0.805. The highest BCUT2D eigenvalue weighted by atomic mass is 32.2. The Kier molecular flexibility index (Phi) is 6.00. The number of amides is 1. The highest BCUT2D eigenvalue weighted by molar-refractivity contribution is 7.88. The molecule has 24 heavy (non-hydrogen) atoms. The van der Waals surface area contributed by atoms with Crippen LogP contribution in [0, 0.1) is 0 Å². The zero-order valence-electron chi connectivity index (χ0n) is 14.7. The van der Waals surface area contributed by atoms with Crippen molar-refractivity contribution in [2.24, 2.45) is 0 Å². The second-order valence-electron chi connectivity index (χ2n) is 6.64. The molecule has 1 aromatic rings. The van der Waals surface area contributed by atoms with E-state index in [0.29, 0.717) is 12.4 Å². The summed E-state index contributed by atoms with van der Waals surface area (Å²) < 4.78 is 27.2. The second-order valence-corrected chi connectivity index (χ2v) is 8.42. The summed E-state index contributed by atoms with van der Waals surface area (Å²) in [6.45, 7) is 7.15. The van der Waals surface area contributed by atoms with Crippen molar-refractivity contribution < 1.29 is 13.2 Å². The number of aromatic nitrogens is 2. The fraction of sp³-hybridized carbons (Fsp3) is 0.733. The number of likely N-dealkylation sites (tertiary alicyclic amines) is 1. The van der Waals surface area contributed by atoms with Crippen LogP contribution >= 0.6 is 0 Å². The Labute approximate surface area is 143 Å². The SMILES string of the molecule is CC(C)n1nccc1NC(=O)[C@@H](C)N1CCC[C@@H](NS(C)(=O)=O)C1. The smallest absolute Gasteiger partial charge is 0.242 e. The third kappa shape index (κ3) is 5.02. The van der Waals surface area contributed by atoms with Crippen molar-refractivity contribution in [1.29, 1.82) is 0 Å². The van der Waals surface area contributed by atoms with E-state index in [2.05, 4.69) is 15.1 Å². The van der Waals surface area contributed by atoms with Gasteiger partial charge in [-0.1, -0.05) is 0 Å². The van der Waals surface area contributed by atoms with E-state index in [4.69, 9.17) is 0 Å². The largest absolute Gasteiger partial charge is 0.310 e. The van der Waals surface area contributed by atoms with Gasteiger partial charge in [-0.25, -0.2) is 17.8 Å². The van der Waals surface area contributed by atoms with Crippen molar-refractivity contribution in [3.05, 3.63) is 12.3 Å². The lowest BCUT2D eigenvalue weighted by atomic mass is 10.0. The molecule has 1 amide bonds. The Hall–Kier alpha value is -1.45. The molecule has 0 unspecified atom stereocenters. The average Bonchev–Trinajstić information content (AvgIpc) is 2.93. The molecule has 1 aliphatic heterocycles. The Morgan fingerprint density at radius 1 is 1.38 bits per heavy atom. The van der Waals surface area contributed by atoms with Gasteiger partial charge in [0.05, 0.1) is 18.5 Å². The monoisotopic (exact) mass is 357 g/mol.